The van der Waals surface area contributed by atoms with Gasteiger partial charge in [0.25, 0.3) is 0 Å². The predicted octanol–water partition coefficient (Wildman–Crippen LogP) is 2.90. The zero-order valence-corrected chi connectivity index (χ0v) is 24.5. The number of benzene rings is 2. The second-order valence-corrected chi connectivity index (χ2v) is 11.6. The van der Waals surface area contributed by atoms with Crippen molar-refractivity contribution in [1.82, 2.24) is 25.3 Å². The van der Waals surface area contributed by atoms with E-state index in [4.69, 9.17) is 10.5 Å². The van der Waals surface area contributed by atoms with Crippen LogP contribution in [0.5, 0.6) is 11.5 Å². The number of piperidine rings is 1. The molecule has 3 fully saturated rings. The molecule has 1 atom stereocenters. The van der Waals surface area contributed by atoms with Gasteiger partial charge in [0.15, 0.2) is 11.6 Å². The Bertz CT molecular complexity index is 1290. The number of nitrogen functional groups attached to an aromatic ring is 1. The van der Waals surface area contributed by atoms with E-state index < -0.39 is 0 Å². The highest BCUT2D eigenvalue weighted by molar-refractivity contribution is 5.68. The fourth-order valence-corrected chi connectivity index (χ4v) is 6.31. The molecule has 0 amide bonds. The Morgan fingerprint density at radius 3 is 2.26 bits per heavy atom. The van der Waals surface area contributed by atoms with Gasteiger partial charge < -0.3 is 35.6 Å². The van der Waals surface area contributed by atoms with Gasteiger partial charge >= 0.3 is 0 Å². The molecule has 3 saturated heterocycles. The zero-order valence-electron chi connectivity index (χ0n) is 24.5. The third kappa shape index (κ3) is 7.06. The molecular formula is C32H44N8O2. The SMILES string of the molecule is Nc1nnc(-c2ccccc2O)cc1OC1CCCN(c2ccc(N3CCN(CCCN4CCNCC4)CC3)cc2)C1. The van der Waals surface area contributed by atoms with Crippen molar-refractivity contribution in [3.05, 3.63) is 54.6 Å². The second kappa shape index (κ2) is 13.6. The Balaban J connectivity index is 0.997. The summed E-state index contributed by atoms with van der Waals surface area (Å²) in [6.07, 6.45) is 3.23. The minimum Gasteiger partial charge on any atom is -0.507 e. The molecule has 1 unspecified atom stereocenters. The summed E-state index contributed by atoms with van der Waals surface area (Å²) in [6.45, 7) is 13.3. The van der Waals surface area contributed by atoms with Crippen molar-refractivity contribution in [2.45, 2.75) is 25.4 Å². The van der Waals surface area contributed by atoms with Crippen LogP contribution in [0.3, 0.4) is 0 Å². The van der Waals surface area contributed by atoms with Crippen LogP contribution in [0.1, 0.15) is 19.3 Å². The first-order valence-corrected chi connectivity index (χ1v) is 15.5. The number of phenolic OH excluding ortho intramolecular Hbond substituents is 1. The van der Waals surface area contributed by atoms with E-state index in [2.05, 4.69) is 59.4 Å². The summed E-state index contributed by atoms with van der Waals surface area (Å²) in [5.74, 6) is 0.918. The van der Waals surface area contributed by atoms with E-state index in [-0.39, 0.29) is 17.7 Å². The third-order valence-electron chi connectivity index (χ3n) is 8.75. The molecular weight excluding hydrogens is 528 g/mol. The normalized spacial score (nSPS) is 20.5. The topological polar surface area (TPSA) is 106 Å². The van der Waals surface area contributed by atoms with Gasteiger partial charge in [0, 0.05) is 81.9 Å². The quantitative estimate of drug-likeness (QED) is 0.354. The van der Waals surface area contributed by atoms with Crippen molar-refractivity contribution in [2.75, 3.05) is 94.1 Å². The van der Waals surface area contributed by atoms with Crippen LogP contribution in [-0.2, 0) is 0 Å². The fraction of sp³-hybridized carbons (Fsp3) is 0.500. The first-order chi connectivity index (χ1) is 20.6. The summed E-state index contributed by atoms with van der Waals surface area (Å²) in [5.41, 5.74) is 9.79. The number of nitrogens with zero attached hydrogens (tertiary/aromatic N) is 6. The fourth-order valence-electron chi connectivity index (χ4n) is 6.31. The third-order valence-corrected chi connectivity index (χ3v) is 8.75. The van der Waals surface area contributed by atoms with Crippen molar-refractivity contribution in [3.8, 4) is 22.8 Å². The Labute approximate surface area is 249 Å². The van der Waals surface area contributed by atoms with Crippen LogP contribution < -0.4 is 25.6 Å². The minimum atomic E-state index is -0.0122. The number of hydrogen-bond donors (Lipinski definition) is 3. The Morgan fingerprint density at radius 1 is 0.833 bits per heavy atom. The molecule has 0 radical (unpaired) electrons. The number of hydrogen-bond acceptors (Lipinski definition) is 10. The van der Waals surface area contributed by atoms with Gasteiger partial charge in [-0.1, -0.05) is 12.1 Å². The number of phenols is 1. The largest absolute Gasteiger partial charge is 0.507 e. The van der Waals surface area contributed by atoms with E-state index in [0.717, 1.165) is 65.2 Å². The number of nitrogens with two attached hydrogens (primary N) is 1. The standard InChI is InChI=1S/C32H44N8O2/c33-32-31(23-29(35-36-32)28-6-1-2-7-30(28)41)42-27-5-3-16-40(24-27)26-10-8-25(9-11-26)39-21-19-38(20-22-39)15-4-14-37-17-12-34-13-18-37/h1-2,6-11,23,27,34,41H,3-5,12-22,24H2,(H2,33,36). The van der Waals surface area contributed by atoms with E-state index >= 15 is 0 Å². The highest BCUT2D eigenvalue weighted by Gasteiger charge is 2.24. The van der Waals surface area contributed by atoms with Gasteiger partial charge in [0.1, 0.15) is 17.5 Å². The molecule has 0 bridgehead atoms. The molecule has 4 heterocycles. The molecule has 2 aromatic carbocycles. The summed E-state index contributed by atoms with van der Waals surface area (Å²) in [7, 11) is 0. The molecule has 1 aromatic heterocycles. The van der Waals surface area contributed by atoms with E-state index in [1.165, 1.54) is 44.0 Å². The summed E-state index contributed by atoms with van der Waals surface area (Å²) in [6, 6.07) is 17.9. The number of anilines is 3. The lowest BCUT2D eigenvalue weighted by atomic mass is 10.1. The molecule has 42 heavy (non-hydrogen) atoms. The average molecular weight is 573 g/mol. The highest BCUT2D eigenvalue weighted by Crippen LogP contribution is 2.32. The van der Waals surface area contributed by atoms with Crippen molar-refractivity contribution in [2.24, 2.45) is 0 Å². The number of nitrogens with one attached hydrogen (secondary N) is 1. The maximum Gasteiger partial charge on any atom is 0.188 e. The molecule has 0 aliphatic carbocycles. The molecule has 3 aromatic rings. The Hall–Kier alpha value is -3.60. The smallest absolute Gasteiger partial charge is 0.188 e. The lowest BCUT2D eigenvalue weighted by molar-refractivity contribution is 0.180. The molecule has 10 nitrogen and oxygen atoms in total. The van der Waals surface area contributed by atoms with E-state index in [1.54, 1.807) is 24.3 Å². The van der Waals surface area contributed by atoms with Crippen LogP contribution in [0.4, 0.5) is 17.2 Å². The number of aromatic hydroxyl groups is 1. The first-order valence-electron chi connectivity index (χ1n) is 15.5. The molecule has 10 heteroatoms. The maximum atomic E-state index is 10.2. The summed E-state index contributed by atoms with van der Waals surface area (Å²) >= 11 is 0. The van der Waals surface area contributed by atoms with Gasteiger partial charge in [0.2, 0.25) is 0 Å². The van der Waals surface area contributed by atoms with Gasteiger partial charge in [-0.05, 0) is 68.8 Å². The zero-order chi connectivity index (χ0) is 28.7. The van der Waals surface area contributed by atoms with Gasteiger partial charge in [-0.25, -0.2) is 0 Å². The average Bonchev–Trinajstić information content (AvgIpc) is 3.04. The van der Waals surface area contributed by atoms with Crippen LogP contribution >= 0.6 is 0 Å². The number of ether oxygens (including phenoxy) is 1. The van der Waals surface area contributed by atoms with E-state index in [0.29, 0.717) is 17.0 Å². The van der Waals surface area contributed by atoms with Crippen molar-refractivity contribution in [1.29, 1.82) is 0 Å². The molecule has 0 spiro atoms. The van der Waals surface area contributed by atoms with E-state index in [1.807, 2.05) is 6.07 Å². The minimum absolute atomic E-state index is 0.0122. The van der Waals surface area contributed by atoms with E-state index in [9.17, 15) is 5.11 Å². The Morgan fingerprint density at radius 2 is 1.52 bits per heavy atom. The number of rotatable bonds is 9. The summed E-state index contributed by atoms with van der Waals surface area (Å²) in [5, 5.41) is 21.9. The summed E-state index contributed by atoms with van der Waals surface area (Å²) < 4.78 is 6.36. The monoisotopic (exact) mass is 572 g/mol. The lowest BCUT2D eigenvalue weighted by Crippen LogP contribution is -2.48. The summed E-state index contributed by atoms with van der Waals surface area (Å²) in [4.78, 5) is 10.1. The van der Waals surface area contributed by atoms with Crippen molar-refractivity contribution >= 4 is 17.2 Å². The van der Waals surface area contributed by atoms with Crippen LogP contribution in [0, 0.1) is 0 Å². The van der Waals surface area contributed by atoms with Crippen LogP contribution in [-0.4, -0.2) is 110 Å². The molecule has 3 aliphatic rings. The van der Waals surface area contributed by atoms with Crippen LogP contribution in [0.15, 0.2) is 54.6 Å². The lowest BCUT2D eigenvalue weighted by Gasteiger charge is -2.37. The number of aromatic nitrogens is 2. The molecule has 4 N–H and O–H groups in total. The van der Waals surface area contributed by atoms with Crippen molar-refractivity contribution in [3.63, 3.8) is 0 Å². The van der Waals surface area contributed by atoms with Gasteiger partial charge in [0.05, 0.1) is 6.54 Å². The molecule has 0 saturated carbocycles. The molecule has 224 valence electrons. The Kier molecular flexibility index (Phi) is 9.22. The van der Waals surface area contributed by atoms with Gasteiger partial charge in [-0.2, -0.15) is 0 Å². The second-order valence-electron chi connectivity index (χ2n) is 11.6. The van der Waals surface area contributed by atoms with Gasteiger partial charge in [-0.15, -0.1) is 10.2 Å². The predicted molar refractivity (Wildman–Crippen MR) is 168 cm³/mol. The number of piperazine rings is 2. The van der Waals surface area contributed by atoms with Crippen LogP contribution in [0.25, 0.3) is 11.3 Å². The highest BCUT2D eigenvalue weighted by atomic mass is 16.5. The van der Waals surface area contributed by atoms with Gasteiger partial charge in [-0.3, -0.25) is 4.90 Å². The van der Waals surface area contributed by atoms with Crippen molar-refractivity contribution < 1.29 is 9.84 Å². The van der Waals surface area contributed by atoms with Crippen LogP contribution in [0.2, 0.25) is 0 Å². The molecule has 3 aliphatic heterocycles. The first kappa shape index (κ1) is 28.5. The maximum absolute atomic E-state index is 10.2. The molecule has 6 rings (SSSR count). The number of para-hydroxylation sites is 1.